The molecule has 3 rings (SSSR count). The maximum Gasteiger partial charge on any atom is 0.258 e. The molecule has 0 radical (unpaired) electrons. The summed E-state index contributed by atoms with van der Waals surface area (Å²) in [6.45, 7) is 0.677. The maximum atomic E-state index is 5.75. The van der Waals surface area contributed by atoms with Crippen LogP contribution in [0.15, 0.2) is 28.6 Å². The summed E-state index contributed by atoms with van der Waals surface area (Å²) in [4.78, 5) is 19.5. The van der Waals surface area contributed by atoms with Crippen LogP contribution in [0.25, 0.3) is 5.95 Å². The lowest BCUT2D eigenvalue weighted by Crippen LogP contribution is -2.21. The van der Waals surface area contributed by atoms with E-state index in [1.54, 1.807) is 11.3 Å². The number of nitrogens with zero attached hydrogens (tertiary/aromatic N) is 7. The molecule has 0 saturated heterocycles. The Morgan fingerprint density at radius 3 is 2.90 bits per heavy atom. The van der Waals surface area contributed by atoms with Crippen LogP contribution in [0, 0.1) is 0 Å². The molecule has 0 atom stereocenters. The number of nitrogen functional groups attached to an aromatic ring is 1. The Hall–Kier alpha value is -2.07. The van der Waals surface area contributed by atoms with Crippen LogP contribution in [0.5, 0.6) is 0 Å². The average Bonchev–Trinajstić information content (AvgIpc) is 3.10. The largest absolute Gasteiger partial charge is 0.368 e. The highest BCUT2D eigenvalue weighted by atomic mass is 79.9. The van der Waals surface area contributed by atoms with Gasteiger partial charge in [-0.1, -0.05) is 0 Å². The second kappa shape index (κ2) is 5.74. The fraction of sp³-hybridized carbons (Fsp3) is 0.182. The number of nitrogens with two attached hydrogens (primary N) is 1. The zero-order chi connectivity index (χ0) is 14.8. The molecule has 0 bridgehead atoms. The molecule has 0 saturated carbocycles. The van der Waals surface area contributed by atoms with Crippen molar-refractivity contribution in [3.05, 3.63) is 33.5 Å². The van der Waals surface area contributed by atoms with E-state index in [9.17, 15) is 0 Å². The van der Waals surface area contributed by atoms with Gasteiger partial charge < -0.3 is 10.6 Å². The van der Waals surface area contributed by atoms with Crippen molar-refractivity contribution in [3.8, 4) is 5.95 Å². The monoisotopic (exact) mass is 366 g/mol. The number of rotatable bonds is 4. The van der Waals surface area contributed by atoms with Gasteiger partial charge in [0, 0.05) is 21.8 Å². The number of aromatic nitrogens is 6. The molecule has 3 heterocycles. The molecular formula is C11H11BrN8S. The van der Waals surface area contributed by atoms with Gasteiger partial charge in [0.15, 0.2) is 0 Å². The Morgan fingerprint density at radius 1 is 1.38 bits per heavy atom. The highest BCUT2D eigenvalue weighted by molar-refractivity contribution is 9.10. The fourth-order valence-corrected chi connectivity index (χ4v) is 3.20. The predicted molar refractivity (Wildman–Crippen MR) is 83.3 cm³/mol. The number of anilines is 2. The topological polar surface area (TPSA) is 98.6 Å². The molecule has 0 fully saturated rings. The van der Waals surface area contributed by atoms with Gasteiger partial charge in [-0.2, -0.15) is 24.7 Å². The van der Waals surface area contributed by atoms with Crippen molar-refractivity contribution >= 4 is 39.2 Å². The van der Waals surface area contributed by atoms with Crippen LogP contribution in [0.1, 0.15) is 4.88 Å². The molecule has 8 nitrogen and oxygen atoms in total. The van der Waals surface area contributed by atoms with Crippen molar-refractivity contribution in [2.45, 2.75) is 6.54 Å². The van der Waals surface area contributed by atoms with E-state index in [-0.39, 0.29) is 5.95 Å². The van der Waals surface area contributed by atoms with E-state index in [2.05, 4.69) is 47.0 Å². The molecule has 108 valence electrons. The van der Waals surface area contributed by atoms with E-state index < -0.39 is 0 Å². The molecule has 0 aliphatic rings. The van der Waals surface area contributed by atoms with E-state index in [1.807, 2.05) is 17.3 Å². The second-order valence-corrected chi connectivity index (χ2v) is 6.13. The van der Waals surface area contributed by atoms with Crippen molar-refractivity contribution in [1.82, 2.24) is 29.7 Å². The van der Waals surface area contributed by atoms with Gasteiger partial charge in [-0.25, -0.2) is 4.98 Å². The molecule has 3 aromatic rings. The number of hydrogen-bond acceptors (Lipinski definition) is 8. The van der Waals surface area contributed by atoms with Gasteiger partial charge in [0.2, 0.25) is 11.9 Å². The van der Waals surface area contributed by atoms with Gasteiger partial charge in [-0.3, -0.25) is 0 Å². The van der Waals surface area contributed by atoms with Gasteiger partial charge in [0.1, 0.15) is 12.7 Å². The SMILES string of the molecule is CN(Cc1cc(Br)cs1)c1nc(N)nc(-n2cncn2)n1. The van der Waals surface area contributed by atoms with E-state index in [0.717, 1.165) is 4.47 Å². The summed E-state index contributed by atoms with van der Waals surface area (Å²) >= 11 is 5.10. The first-order chi connectivity index (χ1) is 10.1. The Balaban J connectivity index is 1.87. The predicted octanol–water partition coefficient (Wildman–Crippen LogP) is 1.49. The van der Waals surface area contributed by atoms with Crippen LogP contribution in [0.3, 0.4) is 0 Å². The van der Waals surface area contributed by atoms with E-state index in [1.165, 1.54) is 22.2 Å². The smallest absolute Gasteiger partial charge is 0.258 e. The summed E-state index contributed by atoms with van der Waals surface area (Å²) in [5.74, 6) is 0.969. The minimum Gasteiger partial charge on any atom is -0.368 e. The highest BCUT2D eigenvalue weighted by Crippen LogP contribution is 2.22. The van der Waals surface area contributed by atoms with E-state index >= 15 is 0 Å². The van der Waals surface area contributed by atoms with Crippen molar-refractivity contribution < 1.29 is 0 Å². The molecule has 0 aliphatic heterocycles. The zero-order valence-corrected chi connectivity index (χ0v) is 13.4. The number of halogens is 1. The van der Waals surface area contributed by atoms with Gasteiger partial charge >= 0.3 is 0 Å². The molecule has 0 aliphatic carbocycles. The normalized spacial score (nSPS) is 10.8. The molecule has 0 aromatic carbocycles. The lowest BCUT2D eigenvalue weighted by atomic mass is 10.4. The molecule has 21 heavy (non-hydrogen) atoms. The van der Waals surface area contributed by atoms with Crippen LogP contribution in [0.2, 0.25) is 0 Å². The van der Waals surface area contributed by atoms with Gasteiger partial charge in [0.05, 0.1) is 6.54 Å². The molecule has 0 unspecified atom stereocenters. The van der Waals surface area contributed by atoms with E-state index in [4.69, 9.17) is 5.73 Å². The summed E-state index contributed by atoms with van der Waals surface area (Å²) in [6.07, 6.45) is 2.92. The Morgan fingerprint density at radius 2 is 2.24 bits per heavy atom. The third kappa shape index (κ3) is 3.16. The first-order valence-electron chi connectivity index (χ1n) is 5.92. The standard InChI is InChI=1S/C11H11BrN8S/c1-19(3-8-2-7(12)4-21-8)10-16-9(13)17-11(18-10)20-6-14-5-15-20/h2,4-6H,3H2,1H3,(H2,13,16,17,18). The van der Waals surface area contributed by atoms with Gasteiger partial charge in [-0.15, -0.1) is 11.3 Å². The Kier molecular flexibility index (Phi) is 3.80. The number of hydrogen-bond donors (Lipinski definition) is 1. The third-order valence-electron chi connectivity index (χ3n) is 2.61. The van der Waals surface area contributed by atoms with Crippen LogP contribution in [-0.4, -0.2) is 36.8 Å². The molecule has 3 aromatic heterocycles. The van der Waals surface area contributed by atoms with E-state index in [0.29, 0.717) is 18.4 Å². The molecule has 0 amide bonds. The van der Waals surface area contributed by atoms with Gasteiger partial charge in [0.25, 0.3) is 5.95 Å². The zero-order valence-electron chi connectivity index (χ0n) is 11.0. The maximum absolute atomic E-state index is 5.75. The van der Waals surface area contributed by atoms with Crippen LogP contribution in [0.4, 0.5) is 11.9 Å². The van der Waals surface area contributed by atoms with Crippen molar-refractivity contribution in [2.75, 3.05) is 17.7 Å². The first kappa shape index (κ1) is 13.9. The fourth-order valence-electron chi connectivity index (χ4n) is 1.70. The minimum atomic E-state index is 0.143. The average molecular weight is 367 g/mol. The first-order valence-corrected chi connectivity index (χ1v) is 7.59. The summed E-state index contributed by atoms with van der Waals surface area (Å²) in [5.41, 5.74) is 5.75. The molecule has 2 N–H and O–H groups in total. The summed E-state index contributed by atoms with van der Waals surface area (Å²) in [5, 5.41) is 6.02. The van der Waals surface area contributed by atoms with Crippen molar-refractivity contribution in [3.63, 3.8) is 0 Å². The molecular weight excluding hydrogens is 356 g/mol. The quantitative estimate of drug-likeness (QED) is 0.746. The van der Waals surface area contributed by atoms with Crippen molar-refractivity contribution in [2.24, 2.45) is 0 Å². The van der Waals surface area contributed by atoms with Crippen molar-refractivity contribution in [1.29, 1.82) is 0 Å². The highest BCUT2D eigenvalue weighted by Gasteiger charge is 2.12. The van der Waals surface area contributed by atoms with Gasteiger partial charge in [-0.05, 0) is 22.0 Å². The minimum absolute atomic E-state index is 0.143. The summed E-state index contributed by atoms with van der Waals surface area (Å²) in [6, 6.07) is 2.06. The second-order valence-electron chi connectivity index (χ2n) is 4.22. The summed E-state index contributed by atoms with van der Waals surface area (Å²) < 4.78 is 2.51. The molecule has 0 spiro atoms. The Labute approximate surface area is 132 Å². The third-order valence-corrected chi connectivity index (χ3v) is 4.29. The van der Waals surface area contributed by atoms with Crippen LogP contribution in [-0.2, 0) is 6.54 Å². The Bertz CT molecular complexity index is 741. The van der Waals surface area contributed by atoms with Crippen LogP contribution < -0.4 is 10.6 Å². The summed E-state index contributed by atoms with van der Waals surface area (Å²) in [7, 11) is 1.90. The lowest BCUT2D eigenvalue weighted by molar-refractivity contribution is 0.778. The lowest BCUT2D eigenvalue weighted by Gasteiger charge is -2.16. The van der Waals surface area contributed by atoms with Crippen LogP contribution >= 0.6 is 27.3 Å². The number of thiophene rings is 1. The molecule has 10 heteroatoms.